The molecule has 0 aliphatic rings. The molecule has 5 nitrogen and oxygen atoms in total. The van der Waals surface area contributed by atoms with Gasteiger partial charge >= 0.3 is 0 Å². The SMILES string of the molecule is O=C(COc1ccc(-c2ccccc2)cc1)NCc1ccc(-c2cccnc2)nc1. The Morgan fingerprint density at radius 2 is 1.57 bits per heavy atom. The van der Waals surface area contributed by atoms with Crippen LogP contribution in [0.3, 0.4) is 0 Å². The first-order valence-electron chi connectivity index (χ1n) is 9.68. The zero-order valence-corrected chi connectivity index (χ0v) is 16.4. The van der Waals surface area contributed by atoms with Crippen molar-refractivity contribution >= 4 is 5.91 Å². The van der Waals surface area contributed by atoms with Crippen LogP contribution in [0.4, 0.5) is 0 Å². The van der Waals surface area contributed by atoms with Gasteiger partial charge in [-0.05, 0) is 47.0 Å². The fraction of sp³-hybridized carbons (Fsp3) is 0.0800. The van der Waals surface area contributed by atoms with Crippen molar-refractivity contribution in [2.24, 2.45) is 0 Å². The number of carbonyl (C=O) groups is 1. The van der Waals surface area contributed by atoms with Crippen LogP contribution in [0.5, 0.6) is 5.75 Å². The number of benzene rings is 2. The number of aromatic nitrogens is 2. The molecule has 0 atom stereocenters. The van der Waals surface area contributed by atoms with Crippen LogP contribution < -0.4 is 10.1 Å². The predicted octanol–water partition coefficient (Wildman–Crippen LogP) is 4.51. The lowest BCUT2D eigenvalue weighted by molar-refractivity contribution is -0.123. The molecule has 1 amide bonds. The van der Waals surface area contributed by atoms with Crippen molar-refractivity contribution in [3.8, 4) is 28.1 Å². The molecule has 2 aromatic carbocycles. The topological polar surface area (TPSA) is 64.1 Å². The standard InChI is InChI=1S/C25H21N3O2/c29-25(18-30-23-11-9-21(10-12-23)20-5-2-1-3-6-20)28-16-19-8-13-24(27-15-19)22-7-4-14-26-17-22/h1-15,17H,16,18H2,(H,28,29). The van der Waals surface area contributed by atoms with Gasteiger partial charge in [0.15, 0.2) is 6.61 Å². The fourth-order valence-electron chi connectivity index (χ4n) is 2.99. The first-order valence-corrected chi connectivity index (χ1v) is 9.68. The molecule has 0 aliphatic heterocycles. The number of rotatable bonds is 7. The Morgan fingerprint density at radius 3 is 2.27 bits per heavy atom. The minimum absolute atomic E-state index is 0.0358. The molecule has 30 heavy (non-hydrogen) atoms. The molecule has 4 rings (SSSR count). The second-order valence-corrected chi connectivity index (χ2v) is 6.75. The van der Waals surface area contributed by atoms with Gasteiger partial charge in [-0.25, -0.2) is 0 Å². The third-order valence-electron chi connectivity index (χ3n) is 4.60. The van der Waals surface area contributed by atoms with Crippen molar-refractivity contribution in [1.82, 2.24) is 15.3 Å². The highest BCUT2D eigenvalue weighted by atomic mass is 16.5. The Balaban J connectivity index is 1.25. The van der Waals surface area contributed by atoms with E-state index in [1.165, 1.54) is 0 Å². The number of hydrogen-bond acceptors (Lipinski definition) is 4. The van der Waals surface area contributed by atoms with E-state index in [4.69, 9.17) is 4.74 Å². The lowest BCUT2D eigenvalue weighted by Crippen LogP contribution is -2.28. The Kier molecular flexibility index (Phi) is 6.11. The van der Waals surface area contributed by atoms with Crippen LogP contribution in [0, 0.1) is 0 Å². The van der Waals surface area contributed by atoms with E-state index in [1.54, 1.807) is 18.6 Å². The molecular weight excluding hydrogens is 374 g/mol. The van der Waals surface area contributed by atoms with Gasteiger partial charge in [0.2, 0.25) is 0 Å². The van der Waals surface area contributed by atoms with Gasteiger partial charge in [0.05, 0.1) is 5.69 Å². The fourth-order valence-corrected chi connectivity index (χ4v) is 2.99. The number of nitrogens with zero attached hydrogens (tertiary/aromatic N) is 2. The van der Waals surface area contributed by atoms with Crippen molar-refractivity contribution in [3.05, 3.63) is 103 Å². The maximum absolute atomic E-state index is 12.1. The van der Waals surface area contributed by atoms with Gasteiger partial charge in [-0.3, -0.25) is 14.8 Å². The van der Waals surface area contributed by atoms with E-state index >= 15 is 0 Å². The number of nitrogens with one attached hydrogen (secondary N) is 1. The van der Waals surface area contributed by atoms with Crippen LogP contribution in [0.1, 0.15) is 5.56 Å². The molecule has 4 aromatic rings. The highest BCUT2D eigenvalue weighted by Gasteiger charge is 2.05. The molecule has 2 aromatic heterocycles. The van der Waals surface area contributed by atoms with Gasteiger partial charge < -0.3 is 10.1 Å². The summed E-state index contributed by atoms with van der Waals surface area (Å²) in [7, 11) is 0. The summed E-state index contributed by atoms with van der Waals surface area (Å²) in [6.45, 7) is 0.362. The van der Waals surface area contributed by atoms with Crippen LogP contribution >= 0.6 is 0 Å². The minimum Gasteiger partial charge on any atom is -0.484 e. The van der Waals surface area contributed by atoms with Gasteiger partial charge in [-0.15, -0.1) is 0 Å². The first-order chi connectivity index (χ1) is 14.8. The molecule has 0 spiro atoms. The molecule has 2 heterocycles. The Morgan fingerprint density at radius 1 is 0.800 bits per heavy atom. The molecule has 1 N–H and O–H groups in total. The van der Waals surface area contributed by atoms with Crippen molar-refractivity contribution < 1.29 is 9.53 Å². The number of amides is 1. The van der Waals surface area contributed by atoms with Gasteiger partial charge in [-0.1, -0.05) is 48.5 Å². The number of carbonyl (C=O) groups excluding carboxylic acids is 1. The number of hydrogen-bond donors (Lipinski definition) is 1. The van der Waals surface area contributed by atoms with Crippen LogP contribution in [0.15, 0.2) is 97.5 Å². The molecule has 5 heteroatoms. The van der Waals surface area contributed by atoms with E-state index in [0.29, 0.717) is 12.3 Å². The van der Waals surface area contributed by atoms with Crippen LogP contribution in [0.2, 0.25) is 0 Å². The Bertz CT molecular complexity index is 992. The molecule has 0 fully saturated rings. The summed E-state index contributed by atoms with van der Waals surface area (Å²) in [6, 6.07) is 25.5. The van der Waals surface area contributed by atoms with Crippen LogP contribution in [-0.4, -0.2) is 22.5 Å². The molecule has 0 aliphatic carbocycles. The minimum atomic E-state index is -0.182. The quantitative estimate of drug-likeness (QED) is 0.500. The third-order valence-corrected chi connectivity index (χ3v) is 4.60. The summed E-state index contributed by atoms with van der Waals surface area (Å²) in [5, 5.41) is 2.85. The zero-order valence-electron chi connectivity index (χ0n) is 16.4. The molecule has 0 radical (unpaired) electrons. The maximum Gasteiger partial charge on any atom is 0.258 e. The van der Waals surface area contributed by atoms with E-state index in [1.807, 2.05) is 66.7 Å². The average molecular weight is 395 g/mol. The highest BCUT2D eigenvalue weighted by molar-refractivity contribution is 5.77. The van der Waals surface area contributed by atoms with Crippen molar-refractivity contribution in [3.63, 3.8) is 0 Å². The number of ether oxygens (including phenoxy) is 1. The van der Waals surface area contributed by atoms with E-state index in [-0.39, 0.29) is 12.5 Å². The smallest absolute Gasteiger partial charge is 0.258 e. The maximum atomic E-state index is 12.1. The van der Waals surface area contributed by atoms with E-state index in [2.05, 4.69) is 27.4 Å². The van der Waals surface area contributed by atoms with E-state index in [0.717, 1.165) is 27.9 Å². The molecule has 148 valence electrons. The summed E-state index contributed by atoms with van der Waals surface area (Å²) >= 11 is 0. The van der Waals surface area contributed by atoms with E-state index < -0.39 is 0 Å². The Hall–Kier alpha value is -3.99. The summed E-state index contributed by atoms with van der Waals surface area (Å²) in [5.41, 5.74) is 4.98. The second kappa shape index (κ2) is 9.47. The second-order valence-electron chi connectivity index (χ2n) is 6.75. The average Bonchev–Trinajstić information content (AvgIpc) is 2.83. The Labute approximate surface area is 175 Å². The van der Waals surface area contributed by atoms with Crippen molar-refractivity contribution in [2.75, 3.05) is 6.61 Å². The van der Waals surface area contributed by atoms with Crippen LogP contribution in [0.25, 0.3) is 22.4 Å². The lowest BCUT2D eigenvalue weighted by atomic mass is 10.1. The summed E-state index contributed by atoms with van der Waals surface area (Å²) in [6.07, 6.45) is 5.26. The molecule has 0 bridgehead atoms. The third kappa shape index (κ3) is 5.08. The van der Waals surface area contributed by atoms with Gasteiger partial charge in [0.1, 0.15) is 5.75 Å². The van der Waals surface area contributed by atoms with E-state index in [9.17, 15) is 4.79 Å². The van der Waals surface area contributed by atoms with Crippen molar-refractivity contribution in [1.29, 1.82) is 0 Å². The normalized spacial score (nSPS) is 10.4. The lowest BCUT2D eigenvalue weighted by Gasteiger charge is -2.09. The highest BCUT2D eigenvalue weighted by Crippen LogP contribution is 2.22. The van der Waals surface area contributed by atoms with Gasteiger partial charge in [0.25, 0.3) is 5.91 Å². The predicted molar refractivity (Wildman–Crippen MR) is 117 cm³/mol. The molecule has 0 saturated heterocycles. The largest absolute Gasteiger partial charge is 0.484 e. The van der Waals surface area contributed by atoms with Crippen LogP contribution in [-0.2, 0) is 11.3 Å². The van der Waals surface area contributed by atoms with Gasteiger partial charge in [-0.2, -0.15) is 0 Å². The summed E-state index contributed by atoms with van der Waals surface area (Å²) in [4.78, 5) is 20.6. The van der Waals surface area contributed by atoms with Crippen molar-refractivity contribution in [2.45, 2.75) is 6.54 Å². The molecule has 0 unspecified atom stereocenters. The summed E-state index contributed by atoms with van der Waals surface area (Å²) in [5.74, 6) is 0.478. The monoisotopic (exact) mass is 395 g/mol. The zero-order chi connectivity index (χ0) is 20.6. The summed E-state index contributed by atoms with van der Waals surface area (Å²) < 4.78 is 5.59. The molecular formula is C25H21N3O2. The molecule has 0 saturated carbocycles. The first kappa shape index (κ1) is 19.3. The van der Waals surface area contributed by atoms with Gasteiger partial charge in [0, 0.05) is 30.7 Å². The number of pyridine rings is 2.